The monoisotopic (exact) mass is 253 g/mol. The summed E-state index contributed by atoms with van der Waals surface area (Å²) in [6.45, 7) is 0.392. The Hall–Kier alpha value is -1.73. The highest BCUT2D eigenvalue weighted by atomic mass is 35.5. The number of carboxylic acid groups (broad SMARTS) is 1. The normalized spacial score (nSPS) is 9.65. The molecular formula is C12H12ClNO3. The predicted octanol–water partition coefficient (Wildman–Crippen LogP) is 2.85. The molecule has 0 radical (unpaired) electrons. The van der Waals surface area contributed by atoms with Gasteiger partial charge in [0.15, 0.2) is 0 Å². The third-order valence-electron chi connectivity index (χ3n) is 2.10. The Morgan fingerprint density at radius 3 is 2.88 bits per heavy atom. The molecule has 0 saturated heterocycles. The average molecular weight is 254 g/mol. The lowest BCUT2D eigenvalue weighted by atomic mass is 10.2. The van der Waals surface area contributed by atoms with Crippen LogP contribution in [0.1, 0.15) is 24.8 Å². The largest absolute Gasteiger partial charge is 0.492 e. The standard InChI is InChI=1S/C12H12ClNO3/c13-10-4-5-11(9(7-10)8-14)17-6-2-1-3-12(15)16/h4-5,7H,1-3,6H2,(H,15,16). The number of carboxylic acids is 1. The van der Waals surface area contributed by atoms with Crippen LogP contribution in [0.15, 0.2) is 18.2 Å². The van der Waals surface area contributed by atoms with Gasteiger partial charge >= 0.3 is 5.97 Å². The molecule has 0 unspecified atom stereocenters. The molecule has 17 heavy (non-hydrogen) atoms. The molecule has 1 rings (SSSR count). The summed E-state index contributed by atoms with van der Waals surface area (Å²) >= 11 is 5.74. The Morgan fingerprint density at radius 2 is 2.24 bits per heavy atom. The van der Waals surface area contributed by atoms with E-state index in [4.69, 9.17) is 26.7 Å². The molecular weight excluding hydrogens is 242 g/mol. The van der Waals surface area contributed by atoms with E-state index < -0.39 is 5.97 Å². The number of rotatable bonds is 6. The Morgan fingerprint density at radius 1 is 1.47 bits per heavy atom. The van der Waals surface area contributed by atoms with Gasteiger partial charge in [-0.05, 0) is 31.0 Å². The van der Waals surface area contributed by atoms with E-state index in [1.807, 2.05) is 6.07 Å². The summed E-state index contributed by atoms with van der Waals surface area (Å²) in [4.78, 5) is 10.3. The number of nitriles is 1. The van der Waals surface area contributed by atoms with E-state index in [0.29, 0.717) is 35.8 Å². The lowest BCUT2D eigenvalue weighted by molar-refractivity contribution is -0.137. The van der Waals surface area contributed by atoms with Crippen LogP contribution in [0.4, 0.5) is 0 Å². The summed E-state index contributed by atoms with van der Waals surface area (Å²) in [5.74, 6) is -0.332. The first kappa shape index (κ1) is 13.3. The quantitative estimate of drug-likeness (QED) is 0.792. The second-order valence-corrected chi connectivity index (χ2v) is 3.89. The van der Waals surface area contributed by atoms with Crippen molar-refractivity contribution < 1.29 is 14.6 Å². The Bertz CT molecular complexity index is 440. The smallest absolute Gasteiger partial charge is 0.303 e. The van der Waals surface area contributed by atoms with E-state index in [-0.39, 0.29) is 6.42 Å². The van der Waals surface area contributed by atoms with Crippen molar-refractivity contribution in [3.05, 3.63) is 28.8 Å². The molecule has 1 aromatic carbocycles. The van der Waals surface area contributed by atoms with Crippen LogP contribution in [0, 0.1) is 11.3 Å². The SMILES string of the molecule is N#Cc1cc(Cl)ccc1OCCCCC(=O)O. The van der Waals surface area contributed by atoms with E-state index >= 15 is 0 Å². The van der Waals surface area contributed by atoms with Gasteiger partial charge in [0.1, 0.15) is 11.8 Å². The lowest BCUT2D eigenvalue weighted by Gasteiger charge is -2.07. The van der Waals surface area contributed by atoms with Crippen molar-refractivity contribution in [1.82, 2.24) is 0 Å². The van der Waals surface area contributed by atoms with Crippen molar-refractivity contribution in [3.8, 4) is 11.8 Å². The van der Waals surface area contributed by atoms with Gasteiger partial charge in [-0.15, -0.1) is 0 Å². The zero-order valence-electron chi connectivity index (χ0n) is 9.15. The fraction of sp³-hybridized carbons (Fsp3) is 0.333. The maximum absolute atomic E-state index is 10.3. The van der Waals surface area contributed by atoms with Crippen molar-refractivity contribution in [2.45, 2.75) is 19.3 Å². The van der Waals surface area contributed by atoms with Gasteiger partial charge in [-0.1, -0.05) is 11.6 Å². The van der Waals surface area contributed by atoms with Gasteiger partial charge in [-0.3, -0.25) is 4.79 Å². The first-order chi connectivity index (χ1) is 8.13. The molecule has 0 aliphatic rings. The number of halogens is 1. The van der Waals surface area contributed by atoms with E-state index in [1.54, 1.807) is 12.1 Å². The highest BCUT2D eigenvalue weighted by Gasteiger charge is 2.04. The van der Waals surface area contributed by atoms with Gasteiger partial charge in [-0.25, -0.2) is 0 Å². The molecule has 0 aromatic heterocycles. The number of hydrogen-bond acceptors (Lipinski definition) is 3. The fourth-order valence-corrected chi connectivity index (χ4v) is 1.45. The number of hydrogen-bond donors (Lipinski definition) is 1. The Kier molecular flexibility index (Phi) is 5.31. The first-order valence-corrected chi connectivity index (χ1v) is 5.55. The summed E-state index contributed by atoms with van der Waals surface area (Å²) < 4.78 is 5.39. The summed E-state index contributed by atoms with van der Waals surface area (Å²) in [6.07, 6.45) is 1.33. The highest BCUT2D eigenvalue weighted by Crippen LogP contribution is 2.22. The first-order valence-electron chi connectivity index (χ1n) is 5.17. The van der Waals surface area contributed by atoms with Crippen LogP contribution in [0.3, 0.4) is 0 Å². The summed E-state index contributed by atoms with van der Waals surface area (Å²) in [7, 11) is 0. The zero-order chi connectivity index (χ0) is 12.7. The van der Waals surface area contributed by atoms with Gasteiger partial charge in [0.2, 0.25) is 0 Å². The van der Waals surface area contributed by atoms with Gasteiger partial charge < -0.3 is 9.84 Å². The van der Waals surface area contributed by atoms with Crippen molar-refractivity contribution in [2.24, 2.45) is 0 Å². The summed E-state index contributed by atoms with van der Waals surface area (Å²) in [5, 5.41) is 17.8. The third kappa shape index (κ3) is 4.75. The third-order valence-corrected chi connectivity index (χ3v) is 2.34. The van der Waals surface area contributed by atoms with E-state index in [0.717, 1.165) is 0 Å². The molecule has 0 aliphatic heterocycles. The van der Waals surface area contributed by atoms with Crippen LogP contribution in [-0.2, 0) is 4.79 Å². The highest BCUT2D eigenvalue weighted by molar-refractivity contribution is 6.30. The molecule has 90 valence electrons. The van der Waals surface area contributed by atoms with Crippen LogP contribution in [0.25, 0.3) is 0 Å². The molecule has 4 nitrogen and oxygen atoms in total. The molecule has 0 heterocycles. The fourth-order valence-electron chi connectivity index (χ4n) is 1.28. The second-order valence-electron chi connectivity index (χ2n) is 3.45. The number of nitrogens with zero attached hydrogens (tertiary/aromatic N) is 1. The van der Waals surface area contributed by atoms with Crippen LogP contribution < -0.4 is 4.74 Å². The number of ether oxygens (including phenoxy) is 1. The van der Waals surface area contributed by atoms with Crippen LogP contribution in [0.2, 0.25) is 5.02 Å². The molecule has 0 aliphatic carbocycles. The number of unbranched alkanes of at least 4 members (excludes halogenated alkanes) is 1. The Labute approximate surface area is 104 Å². The topological polar surface area (TPSA) is 70.3 Å². The molecule has 0 bridgehead atoms. The molecule has 0 atom stereocenters. The molecule has 1 aromatic rings. The molecule has 0 amide bonds. The summed E-state index contributed by atoms with van der Waals surface area (Å²) in [5.41, 5.74) is 0.385. The van der Waals surface area contributed by atoms with Gasteiger partial charge in [-0.2, -0.15) is 5.26 Å². The second kappa shape index (κ2) is 6.77. The minimum absolute atomic E-state index is 0.134. The van der Waals surface area contributed by atoms with Crippen molar-refractivity contribution >= 4 is 17.6 Å². The molecule has 5 heteroatoms. The summed E-state index contributed by atoms with van der Waals surface area (Å²) in [6, 6.07) is 6.81. The van der Waals surface area contributed by atoms with E-state index in [2.05, 4.69) is 0 Å². The maximum atomic E-state index is 10.3. The number of aliphatic carboxylic acids is 1. The molecule has 0 fully saturated rings. The van der Waals surface area contributed by atoms with Gasteiger partial charge in [0, 0.05) is 11.4 Å². The zero-order valence-corrected chi connectivity index (χ0v) is 9.91. The van der Waals surface area contributed by atoms with E-state index in [9.17, 15) is 4.79 Å². The molecule has 1 N–H and O–H groups in total. The lowest BCUT2D eigenvalue weighted by Crippen LogP contribution is -2.01. The van der Waals surface area contributed by atoms with Gasteiger partial charge in [0.05, 0.1) is 12.2 Å². The Balaban J connectivity index is 2.42. The van der Waals surface area contributed by atoms with Crippen molar-refractivity contribution in [3.63, 3.8) is 0 Å². The molecule has 0 spiro atoms. The predicted molar refractivity (Wildman–Crippen MR) is 63.1 cm³/mol. The average Bonchev–Trinajstić information content (AvgIpc) is 2.29. The van der Waals surface area contributed by atoms with Crippen LogP contribution >= 0.6 is 11.6 Å². The van der Waals surface area contributed by atoms with E-state index in [1.165, 1.54) is 6.07 Å². The minimum Gasteiger partial charge on any atom is -0.492 e. The van der Waals surface area contributed by atoms with Crippen LogP contribution in [0.5, 0.6) is 5.75 Å². The number of benzene rings is 1. The van der Waals surface area contributed by atoms with Gasteiger partial charge in [0.25, 0.3) is 0 Å². The minimum atomic E-state index is -0.811. The van der Waals surface area contributed by atoms with Crippen LogP contribution in [-0.4, -0.2) is 17.7 Å². The van der Waals surface area contributed by atoms with Crippen molar-refractivity contribution in [1.29, 1.82) is 5.26 Å². The molecule has 0 saturated carbocycles. The number of carbonyl (C=O) groups is 1. The maximum Gasteiger partial charge on any atom is 0.303 e. The van der Waals surface area contributed by atoms with Crippen molar-refractivity contribution in [2.75, 3.05) is 6.61 Å².